The Labute approximate surface area is 141 Å². The average molecular weight is 326 g/mol. The van der Waals surface area contributed by atoms with Crippen LogP contribution in [0.25, 0.3) is 0 Å². The molecule has 126 valence electrons. The smallest absolute Gasteiger partial charge is 0.257 e. The fraction of sp³-hybridized carbons (Fsp3) is 0.278. The molecule has 2 amide bonds. The number of aryl methyl sites for hydroxylation is 1. The molecule has 0 atom stereocenters. The molecule has 0 aliphatic rings. The first-order valence-corrected chi connectivity index (χ1v) is 7.71. The molecule has 6 heteroatoms. The van der Waals surface area contributed by atoms with Gasteiger partial charge in [0.2, 0.25) is 0 Å². The number of benzene rings is 1. The molecule has 0 saturated heterocycles. The van der Waals surface area contributed by atoms with Gasteiger partial charge in [0.05, 0.1) is 11.1 Å². The van der Waals surface area contributed by atoms with Gasteiger partial charge in [-0.3, -0.25) is 14.6 Å². The lowest BCUT2D eigenvalue weighted by molar-refractivity contribution is 0.0950. The van der Waals surface area contributed by atoms with Gasteiger partial charge in [-0.2, -0.15) is 0 Å². The Balaban J connectivity index is 2.03. The summed E-state index contributed by atoms with van der Waals surface area (Å²) in [6.45, 7) is 3.23. The minimum absolute atomic E-state index is 0.241. The normalized spacial score (nSPS) is 10.5. The van der Waals surface area contributed by atoms with Crippen LogP contribution in [-0.4, -0.2) is 48.9 Å². The van der Waals surface area contributed by atoms with Crippen molar-refractivity contribution in [3.63, 3.8) is 0 Å². The molecule has 1 aromatic heterocycles. The van der Waals surface area contributed by atoms with E-state index in [0.717, 1.165) is 12.1 Å². The zero-order valence-electron chi connectivity index (χ0n) is 14.2. The van der Waals surface area contributed by atoms with E-state index in [1.165, 1.54) is 12.4 Å². The Hall–Kier alpha value is -2.73. The summed E-state index contributed by atoms with van der Waals surface area (Å²) in [6, 6.07) is 9.07. The van der Waals surface area contributed by atoms with Crippen LogP contribution < -0.4 is 10.6 Å². The lowest BCUT2D eigenvalue weighted by Gasteiger charge is -2.11. The molecular formula is C18H22N4O2. The molecule has 0 fully saturated rings. The Kier molecular flexibility index (Phi) is 6.03. The van der Waals surface area contributed by atoms with Gasteiger partial charge in [0.25, 0.3) is 11.8 Å². The first-order chi connectivity index (χ1) is 11.5. The first-order valence-electron chi connectivity index (χ1n) is 7.71. The number of nitrogens with one attached hydrogen (secondary N) is 2. The zero-order chi connectivity index (χ0) is 17.5. The molecule has 0 radical (unpaired) electrons. The summed E-state index contributed by atoms with van der Waals surface area (Å²) in [5.41, 5.74) is 2.48. The molecule has 24 heavy (non-hydrogen) atoms. The van der Waals surface area contributed by atoms with Gasteiger partial charge in [0.1, 0.15) is 0 Å². The topological polar surface area (TPSA) is 74.3 Å². The molecule has 0 aliphatic heterocycles. The van der Waals surface area contributed by atoms with Gasteiger partial charge in [-0.05, 0) is 44.8 Å². The van der Waals surface area contributed by atoms with Gasteiger partial charge in [0.15, 0.2) is 0 Å². The number of nitrogens with zero attached hydrogens (tertiary/aromatic N) is 2. The van der Waals surface area contributed by atoms with Crippen molar-refractivity contribution in [2.45, 2.75) is 6.92 Å². The molecule has 0 bridgehead atoms. The van der Waals surface area contributed by atoms with E-state index in [4.69, 9.17) is 0 Å². The van der Waals surface area contributed by atoms with Gasteiger partial charge in [-0.1, -0.05) is 12.1 Å². The van der Waals surface area contributed by atoms with Crippen LogP contribution in [0.5, 0.6) is 0 Å². The fourth-order valence-electron chi connectivity index (χ4n) is 2.11. The van der Waals surface area contributed by atoms with Crippen LogP contribution in [0.1, 0.15) is 26.3 Å². The van der Waals surface area contributed by atoms with E-state index < -0.39 is 0 Å². The van der Waals surface area contributed by atoms with Crippen LogP contribution in [0.3, 0.4) is 0 Å². The second kappa shape index (κ2) is 8.21. The van der Waals surface area contributed by atoms with Crippen molar-refractivity contribution in [3.8, 4) is 0 Å². The van der Waals surface area contributed by atoms with Crippen LogP contribution in [0.15, 0.2) is 42.7 Å². The number of rotatable bonds is 6. The first kappa shape index (κ1) is 17.6. The maximum atomic E-state index is 12.3. The standard InChI is InChI=1S/C18H22N4O2/c1-13-5-4-6-16(9-13)21-18(24)15-10-14(11-19-12-15)17(23)20-7-8-22(2)3/h4-6,9-12H,7-8H2,1-3H3,(H,20,23)(H,21,24). The number of pyridine rings is 1. The van der Waals surface area contributed by atoms with Crippen LogP contribution >= 0.6 is 0 Å². The third kappa shape index (κ3) is 5.17. The highest BCUT2D eigenvalue weighted by molar-refractivity contribution is 6.05. The fourth-order valence-corrected chi connectivity index (χ4v) is 2.11. The van der Waals surface area contributed by atoms with E-state index in [1.807, 2.05) is 50.2 Å². The number of anilines is 1. The quantitative estimate of drug-likeness (QED) is 0.851. The Morgan fingerprint density at radius 2 is 1.79 bits per heavy atom. The molecule has 2 aromatic rings. The summed E-state index contributed by atoms with van der Waals surface area (Å²) in [6.07, 6.45) is 2.90. The molecule has 6 nitrogen and oxygen atoms in total. The Morgan fingerprint density at radius 3 is 2.46 bits per heavy atom. The van der Waals surface area contributed by atoms with Crippen molar-refractivity contribution in [1.29, 1.82) is 0 Å². The van der Waals surface area contributed by atoms with Gasteiger partial charge in [0, 0.05) is 31.2 Å². The zero-order valence-corrected chi connectivity index (χ0v) is 14.2. The maximum Gasteiger partial charge on any atom is 0.257 e. The Bertz CT molecular complexity index is 728. The summed E-state index contributed by atoms with van der Waals surface area (Å²) >= 11 is 0. The van der Waals surface area contributed by atoms with E-state index in [-0.39, 0.29) is 11.8 Å². The predicted octanol–water partition coefficient (Wildman–Crippen LogP) is 1.93. The van der Waals surface area contributed by atoms with Crippen molar-refractivity contribution < 1.29 is 9.59 Å². The van der Waals surface area contributed by atoms with Crippen molar-refractivity contribution in [3.05, 3.63) is 59.4 Å². The van der Waals surface area contributed by atoms with E-state index >= 15 is 0 Å². The van der Waals surface area contributed by atoms with Crippen molar-refractivity contribution >= 4 is 17.5 Å². The monoisotopic (exact) mass is 326 g/mol. The average Bonchev–Trinajstić information content (AvgIpc) is 2.54. The number of carbonyl (C=O) groups excluding carboxylic acids is 2. The molecule has 1 aromatic carbocycles. The second-order valence-corrected chi connectivity index (χ2v) is 5.85. The lowest BCUT2D eigenvalue weighted by Crippen LogP contribution is -2.31. The number of amides is 2. The molecule has 2 rings (SSSR count). The highest BCUT2D eigenvalue weighted by Crippen LogP contribution is 2.12. The van der Waals surface area contributed by atoms with E-state index in [0.29, 0.717) is 23.4 Å². The molecule has 2 N–H and O–H groups in total. The van der Waals surface area contributed by atoms with Gasteiger partial charge in [-0.15, -0.1) is 0 Å². The summed E-state index contributed by atoms with van der Waals surface area (Å²) in [5, 5.41) is 5.61. The highest BCUT2D eigenvalue weighted by atomic mass is 16.2. The molecule has 0 unspecified atom stereocenters. The second-order valence-electron chi connectivity index (χ2n) is 5.85. The summed E-state index contributed by atoms with van der Waals surface area (Å²) in [7, 11) is 3.87. The lowest BCUT2D eigenvalue weighted by atomic mass is 10.1. The number of carbonyl (C=O) groups is 2. The largest absolute Gasteiger partial charge is 0.351 e. The van der Waals surface area contributed by atoms with Crippen LogP contribution in [0.4, 0.5) is 5.69 Å². The van der Waals surface area contributed by atoms with Crippen LogP contribution in [-0.2, 0) is 0 Å². The van der Waals surface area contributed by atoms with Crippen molar-refractivity contribution in [1.82, 2.24) is 15.2 Å². The minimum Gasteiger partial charge on any atom is -0.351 e. The predicted molar refractivity (Wildman–Crippen MR) is 94.3 cm³/mol. The van der Waals surface area contributed by atoms with Crippen molar-refractivity contribution in [2.24, 2.45) is 0 Å². The van der Waals surface area contributed by atoms with Gasteiger partial charge < -0.3 is 15.5 Å². The van der Waals surface area contributed by atoms with E-state index in [2.05, 4.69) is 15.6 Å². The van der Waals surface area contributed by atoms with Gasteiger partial charge in [-0.25, -0.2) is 0 Å². The van der Waals surface area contributed by atoms with Crippen LogP contribution in [0, 0.1) is 6.92 Å². The SMILES string of the molecule is Cc1cccc(NC(=O)c2cncc(C(=O)NCCN(C)C)c2)c1. The third-order valence-corrected chi connectivity index (χ3v) is 3.38. The number of hydrogen-bond acceptors (Lipinski definition) is 4. The molecule has 0 aliphatic carbocycles. The minimum atomic E-state index is -0.295. The molecule has 0 saturated carbocycles. The Morgan fingerprint density at radius 1 is 1.08 bits per heavy atom. The highest BCUT2D eigenvalue weighted by Gasteiger charge is 2.11. The van der Waals surface area contributed by atoms with E-state index in [9.17, 15) is 9.59 Å². The van der Waals surface area contributed by atoms with Crippen molar-refractivity contribution in [2.75, 3.05) is 32.5 Å². The summed E-state index contributed by atoms with van der Waals surface area (Å²) < 4.78 is 0. The molecular weight excluding hydrogens is 304 g/mol. The summed E-state index contributed by atoms with van der Waals surface area (Å²) in [5.74, 6) is -0.536. The third-order valence-electron chi connectivity index (χ3n) is 3.38. The number of likely N-dealkylation sites (N-methyl/N-ethyl adjacent to an activating group) is 1. The number of aromatic nitrogens is 1. The molecule has 0 spiro atoms. The van der Waals surface area contributed by atoms with E-state index in [1.54, 1.807) is 6.07 Å². The molecule has 1 heterocycles. The number of hydrogen-bond donors (Lipinski definition) is 2. The van der Waals surface area contributed by atoms with Crippen LogP contribution in [0.2, 0.25) is 0 Å². The maximum absolute atomic E-state index is 12.3. The van der Waals surface area contributed by atoms with Gasteiger partial charge >= 0.3 is 0 Å². The summed E-state index contributed by atoms with van der Waals surface area (Å²) in [4.78, 5) is 30.4.